The van der Waals surface area contributed by atoms with Crippen molar-refractivity contribution in [3.63, 3.8) is 0 Å². The summed E-state index contributed by atoms with van der Waals surface area (Å²) >= 11 is 0. The van der Waals surface area contributed by atoms with Crippen LogP contribution in [-0.2, 0) is 0 Å². The van der Waals surface area contributed by atoms with Gasteiger partial charge < -0.3 is 10.2 Å². The SMILES string of the molecule is CCCNc1nc(N2CCCC2CC)c2ccccc2n1. The Hall–Kier alpha value is -1.84. The van der Waals surface area contributed by atoms with Gasteiger partial charge in [0.1, 0.15) is 5.82 Å². The molecule has 1 aliphatic heterocycles. The third-order valence-corrected chi connectivity index (χ3v) is 4.24. The number of nitrogens with one attached hydrogen (secondary N) is 1. The van der Waals surface area contributed by atoms with Gasteiger partial charge in [0.15, 0.2) is 0 Å². The van der Waals surface area contributed by atoms with Crippen molar-refractivity contribution in [2.45, 2.75) is 45.6 Å². The first-order valence-electron chi connectivity index (χ1n) is 8.10. The molecule has 1 unspecified atom stereocenters. The van der Waals surface area contributed by atoms with Crippen molar-refractivity contribution in [1.29, 1.82) is 0 Å². The van der Waals surface area contributed by atoms with Gasteiger partial charge in [-0.2, -0.15) is 4.98 Å². The Labute approximate surface area is 126 Å². The van der Waals surface area contributed by atoms with E-state index >= 15 is 0 Å². The molecule has 4 nitrogen and oxygen atoms in total. The highest BCUT2D eigenvalue weighted by molar-refractivity contribution is 5.90. The monoisotopic (exact) mass is 284 g/mol. The predicted octanol–water partition coefficient (Wildman–Crippen LogP) is 3.83. The maximum Gasteiger partial charge on any atom is 0.225 e. The molecule has 2 aromatic rings. The average molecular weight is 284 g/mol. The summed E-state index contributed by atoms with van der Waals surface area (Å²) in [5.74, 6) is 1.86. The van der Waals surface area contributed by atoms with Gasteiger partial charge in [-0.05, 0) is 37.8 Å². The van der Waals surface area contributed by atoms with Crippen molar-refractivity contribution in [3.8, 4) is 0 Å². The number of nitrogens with zero attached hydrogens (tertiary/aromatic N) is 3. The Kier molecular flexibility index (Phi) is 4.23. The van der Waals surface area contributed by atoms with Gasteiger partial charge in [0.25, 0.3) is 0 Å². The zero-order valence-electron chi connectivity index (χ0n) is 13.0. The summed E-state index contributed by atoms with van der Waals surface area (Å²) in [4.78, 5) is 11.9. The standard InChI is InChI=1S/C17H24N4/c1-3-11-18-17-19-15-10-6-5-9-14(15)16(20-17)21-12-7-8-13(21)4-2/h5-6,9-10,13H,3-4,7-8,11-12H2,1-2H3,(H,18,19,20). The van der Waals surface area contributed by atoms with Crippen LogP contribution in [0.4, 0.5) is 11.8 Å². The third kappa shape index (κ3) is 2.80. The summed E-state index contributed by atoms with van der Waals surface area (Å²) < 4.78 is 0. The lowest BCUT2D eigenvalue weighted by atomic mass is 10.1. The molecule has 112 valence electrons. The first-order chi connectivity index (χ1) is 10.3. The minimum absolute atomic E-state index is 0.613. The number of benzene rings is 1. The number of anilines is 2. The van der Waals surface area contributed by atoms with Crippen LogP contribution in [0.5, 0.6) is 0 Å². The number of hydrogen-bond donors (Lipinski definition) is 1. The largest absolute Gasteiger partial charge is 0.354 e. The van der Waals surface area contributed by atoms with Gasteiger partial charge in [-0.25, -0.2) is 4.98 Å². The molecule has 1 aromatic carbocycles. The molecule has 0 aliphatic carbocycles. The molecule has 1 aliphatic rings. The van der Waals surface area contributed by atoms with Crippen LogP contribution in [0.2, 0.25) is 0 Å². The molecule has 0 amide bonds. The van der Waals surface area contributed by atoms with Crippen molar-refractivity contribution in [2.75, 3.05) is 23.3 Å². The summed E-state index contributed by atoms with van der Waals surface area (Å²) in [6, 6.07) is 8.95. The summed E-state index contributed by atoms with van der Waals surface area (Å²) in [6.07, 6.45) is 4.78. The van der Waals surface area contributed by atoms with Gasteiger partial charge in [-0.1, -0.05) is 26.0 Å². The van der Waals surface area contributed by atoms with Gasteiger partial charge in [0.05, 0.1) is 5.52 Å². The Morgan fingerprint density at radius 3 is 2.90 bits per heavy atom. The molecule has 1 aromatic heterocycles. The second kappa shape index (κ2) is 6.29. The summed E-state index contributed by atoms with van der Waals surface area (Å²) in [5, 5.41) is 4.50. The molecular formula is C17H24N4. The van der Waals surface area contributed by atoms with Crippen LogP contribution in [0.1, 0.15) is 39.5 Å². The Balaban J connectivity index is 2.05. The van der Waals surface area contributed by atoms with Crippen LogP contribution in [0, 0.1) is 0 Å². The number of aromatic nitrogens is 2. The third-order valence-electron chi connectivity index (χ3n) is 4.24. The van der Waals surface area contributed by atoms with E-state index in [0.29, 0.717) is 6.04 Å². The number of hydrogen-bond acceptors (Lipinski definition) is 4. The fourth-order valence-electron chi connectivity index (χ4n) is 3.13. The summed E-state index contributed by atoms with van der Waals surface area (Å²) in [5.41, 5.74) is 1.03. The van der Waals surface area contributed by atoms with Crippen molar-refractivity contribution < 1.29 is 0 Å². The lowest BCUT2D eigenvalue weighted by Crippen LogP contribution is -2.29. The number of rotatable bonds is 5. The molecule has 1 atom stereocenters. The Bertz CT molecular complexity index is 611. The van der Waals surface area contributed by atoms with Crippen molar-refractivity contribution >= 4 is 22.7 Å². The summed E-state index contributed by atoms with van der Waals surface area (Å²) in [7, 11) is 0. The minimum atomic E-state index is 0.613. The van der Waals surface area contributed by atoms with Gasteiger partial charge in [-0.3, -0.25) is 0 Å². The van der Waals surface area contributed by atoms with Gasteiger partial charge in [0.2, 0.25) is 5.95 Å². The first kappa shape index (κ1) is 14.1. The molecule has 3 rings (SSSR count). The molecule has 1 fully saturated rings. The molecule has 4 heteroatoms. The first-order valence-corrected chi connectivity index (χ1v) is 8.10. The highest BCUT2D eigenvalue weighted by Crippen LogP contribution is 2.31. The van der Waals surface area contributed by atoms with E-state index in [2.05, 4.69) is 47.2 Å². The van der Waals surface area contributed by atoms with Gasteiger partial charge >= 0.3 is 0 Å². The maximum atomic E-state index is 4.82. The fraction of sp³-hybridized carbons (Fsp3) is 0.529. The zero-order valence-corrected chi connectivity index (χ0v) is 13.0. The molecule has 1 N–H and O–H groups in total. The molecule has 2 heterocycles. The van der Waals surface area contributed by atoms with Crippen molar-refractivity contribution in [2.24, 2.45) is 0 Å². The minimum Gasteiger partial charge on any atom is -0.354 e. The molecule has 0 bridgehead atoms. The highest BCUT2D eigenvalue weighted by Gasteiger charge is 2.26. The van der Waals surface area contributed by atoms with E-state index in [1.54, 1.807) is 0 Å². The van der Waals surface area contributed by atoms with E-state index in [1.165, 1.54) is 24.6 Å². The quantitative estimate of drug-likeness (QED) is 0.906. The van der Waals surface area contributed by atoms with E-state index in [-0.39, 0.29) is 0 Å². The summed E-state index contributed by atoms with van der Waals surface area (Å²) in [6.45, 7) is 6.44. The van der Waals surface area contributed by atoms with Crippen LogP contribution in [0.15, 0.2) is 24.3 Å². The van der Waals surface area contributed by atoms with E-state index < -0.39 is 0 Å². The molecule has 1 saturated heterocycles. The van der Waals surface area contributed by atoms with Gasteiger partial charge in [0, 0.05) is 24.5 Å². The predicted molar refractivity (Wildman–Crippen MR) is 89.0 cm³/mol. The van der Waals surface area contributed by atoms with Crippen molar-refractivity contribution in [1.82, 2.24) is 9.97 Å². The van der Waals surface area contributed by atoms with Crippen LogP contribution in [0.25, 0.3) is 10.9 Å². The molecule has 0 spiro atoms. The second-order valence-electron chi connectivity index (χ2n) is 5.71. The van der Waals surface area contributed by atoms with Crippen molar-refractivity contribution in [3.05, 3.63) is 24.3 Å². The Morgan fingerprint density at radius 2 is 2.10 bits per heavy atom. The van der Waals surface area contributed by atoms with Crippen LogP contribution in [-0.4, -0.2) is 29.1 Å². The zero-order chi connectivity index (χ0) is 14.7. The van der Waals surface area contributed by atoms with Crippen LogP contribution < -0.4 is 10.2 Å². The molecule has 0 saturated carbocycles. The van der Waals surface area contributed by atoms with E-state index in [9.17, 15) is 0 Å². The highest BCUT2D eigenvalue weighted by atomic mass is 15.3. The van der Waals surface area contributed by atoms with Crippen LogP contribution >= 0.6 is 0 Å². The fourth-order valence-corrected chi connectivity index (χ4v) is 3.13. The number of fused-ring (bicyclic) bond motifs is 1. The normalized spacial score (nSPS) is 18.4. The lowest BCUT2D eigenvalue weighted by molar-refractivity contribution is 0.642. The molecular weight excluding hydrogens is 260 g/mol. The Morgan fingerprint density at radius 1 is 1.24 bits per heavy atom. The topological polar surface area (TPSA) is 41.1 Å². The smallest absolute Gasteiger partial charge is 0.225 e. The number of para-hydroxylation sites is 1. The van der Waals surface area contributed by atoms with E-state index in [4.69, 9.17) is 4.98 Å². The van der Waals surface area contributed by atoms with E-state index in [1.807, 2.05) is 6.07 Å². The average Bonchev–Trinajstić information content (AvgIpc) is 3.00. The molecule has 0 radical (unpaired) electrons. The lowest BCUT2D eigenvalue weighted by Gasteiger charge is -2.26. The maximum absolute atomic E-state index is 4.82. The second-order valence-corrected chi connectivity index (χ2v) is 5.71. The van der Waals surface area contributed by atoms with Crippen LogP contribution in [0.3, 0.4) is 0 Å². The van der Waals surface area contributed by atoms with E-state index in [0.717, 1.165) is 36.8 Å². The van der Waals surface area contributed by atoms with Gasteiger partial charge in [-0.15, -0.1) is 0 Å². The molecule has 21 heavy (non-hydrogen) atoms.